The summed E-state index contributed by atoms with van der Waals surface area (Å²) in [5.41, 5.74) is 8.97. The van der Waals surface area contributed by atoms with Gasteiger partial charge in [0.15, 0.2) is 5.65 Å². The lowest BCUT2D eigenvalue weighted by Gasteiger charge is -2.34. The maximum Gasteiger partial charge on any atom is 0.263 e. The number of thioether (sulfide) groups is 1. The number of hydrogen-bond donors (Lipinski definition) is 2. The number of ether oxygens (including phenoxy) is 1. The van der Waals surface area contributed by atoms with Crippen LogP contribution in [0.2, 0.25) is 0 Å². The minimum atomic E-state index is -1.04. The average molecular weight is 883 g/mol. The third-order valence-corrected chi connectivity index (χ3v) is 13.1. The minimum Gasteiger partial charge on any atom is -0.457 e. The number of rotatable bonds is 12. The van der Waals surface area contributed by atoms with Crippen molar-refractivity contribution >= 4 is 64.1 Å². The maximum atomic E-state index is 13.5. The fourth-order valence-corrected chi connectivity index (χ4v) is 9.72. The molecule has 18 heteroatoms. The Morgan fingerprint density at radius 3 is 2.42 bits per heavy atom. The van der Waals surface area contributed by atoms with Crippen molar-refractivity contribution in [3.8, 4) is 22.8 Å². The molecule has 6 amide bonds. The number of aromatic nitrogens is 4. The minimum absolute atomic E-state index is 0.00440. The summed E-state index contributed by atoms with van der Waals surface area (Å²) in [5.74, 6) is -0.130. The summed E-state index contributed by atoms with van der Waals surface area (Å²) in [4.78, 5) is 93.7. The standard InChI is InChI=1S/C46H46N10O7S/c47-42-40-41(29-13-15-32(16-14-29)63-31-8-2-1-3-9-31)51-56(43(40)49-28-48-42)30-7-5-21-54(27-30)37(58)12-6-20-52-22-24-53(25-23-52)38(59)19-26-64-35-11-4-10-33-39(35)46(62)55(45(33)61)34-17-18-36(57)50-44(34)60/h1-4,6,8-16,28,30,34H,5,7,17-27H2,(H2,47,48,49)(H,50,57,60)/b12-6+. The van der Waals surface area contributed by atoms with Crippen molar-refractivity contribution in [1.29, 1.82) is 0 Å². The molecule has 0 bridgehead atoms. The number of carbonyl (C=O) groups is 6. The third kappa shape index (κ3) is 8.70. The predicted octanol–water partition coefficient (Wildman–Crippen LogP) is 4.32. The van der Waals surface area contributed by atoms with Crippen LogP contribution in [0.1, 0.15) is 58.9 Å². The topological polar surface area (TPSA) is 206 Å². The molecule has 64 heavy (non-hydrogen) atoms. The second kappa shape index (κ2) is 18.4. The van der Waals surface area contributed by atoms with Gasteiger partial charge < -0.3 is 20.3 Å². The molecule has 0 spiro atoms. The molecule has 5 aromatic rings. The largest absolute Gasteiger partial charge is 0.457 e. The molecular weight excluding hydrogens is 837 g/mol. The van der Waals surface area contributed by atoms with Gasteiger partial charge in [-0.2, -0.15) is 5.10 Å². The molecule has 3 N–H and O–H groups in total. The van der Waals surface area contributed by atoms with Crippen molar-refractivity contribution < 1.29 is 33.5 Å². The van der Waals surface area contributed by atoms with Crippen molar-refractivity contribution in [2.24, 2.45) is 0 Å². The Bertz CT molecular complexity index is 2660. The van der Waals surface area contributed by atoms with Crippen LogP contribution in [0.4, 0.5) is 5.82 Å². The van der Waals surface area contributed by atoms with Crippen molar-refractivity contribution in [1.82, 2.24) is 44.7 Å². The Morgan fingerprint density at radius 2 is 1.64 bits per heavy atom. The number of carbonyl (C=O) groups excluding carboxylic acids is 6. The van der Waals surface area contributed by atoms with E-state index in [1.807, 2.05) is 75.2 Å². The SMILES string of the molecule is Nc1ncnc2c1c(-c1ccc(Oc3ccccc3)cc1)nn2C1CCCN(C(=O)/C=C/CN2CCN(C(=O)CCSc3cccc4c3C(=O)N(C3CCC(=O)NC3=O)C4=O)CC2)C1. The van der Waals surface area contributed by atoms with Crippen molar-refractivity contribution in [3.63, 3.8) is 0 Å². The first-order valence-corrected chi connectivity index (χ1v) is 22.4. The van der Waals surface area contributed by atoms with E-state index >= 15 is 0 Å². The van der Waals surface area contributed by atoms with Gasteiger partial charge in [-0.25, -0.2) is 14.6 Å². The molecule has 2 unspecified atom stereocenters. The molecule has 0 radical (unpaired) electrons. The van der Waals surface area contributed by atoms with Crippen molar-refractivity contribution in [2.45, 2.75) is 49.1 Å². The van der Waals surface area contributed by atoms with Gasteiger partial charge in [-0.15, -0.1) is 11.8 Å². The van der Waals surface area contributed by atoms with E-state index in [0.29, 0.717) is 84.8 Å². The summed E-state index contributed by atoms with van der Waals surface area (Å²) in [7, 11) is 0. The first-order chi connectivity index (χ1) is 31.1. The lowest BCUT2D eigenvalue weighted by molar-refractivity contribution is -0.136. The third-order valence-electron chi connectivity index (χ3n) is 12.0. The Morgan fingerprint density at radius 1 is 0.859 bits per heavy atom. The fraction of sp³-hybridized carbons (Fsp3) is 0.326. The van der Waals surface area contributed by atoms with Gasteiger partial charge in [0, 0.05) is 80.9 Å². The van der Waals surface area contributed by atoms with E-state index in [1.54, 1.807) is 24.3 Å². The highest BCUT2D eigenvalue weighted by Gasteiger charge is 2.45. The Kier molecular flexibility index (Phi) is 12.2. The number of hydrogen-bond acceptors (Lipinski definition) is 13. The van der Waals surface area contributed by atoms with Crippen LogP contribution in [0.5, 0.6) is 11.5 Å². The number of piperazine rings is 1. The van der Waals surface area contributed by atoms with E-state index < -0.39 is 29.7 Å². The van der Waals surface area contributed by atoms with Crippen LogP contribution in [0.15, 0.2) is 96.2 Å². The molecule has 3 aromatic carbocycles. The zero-order chi connectivity index (χ0) is 44.3. The number of nitrogens with two attached hydrogens (primary N) is 1. The fourth-order valence-electron chi connectivity index (χ4n) is 8.71. The van der Waals surface area contributed by atoms with Crippen molar-refractivity contribution in [2.75, 3.05) is 57.3 Å². The maximum absolute atomic E-state index is 13.5. The molecule has 328 valence electrons. The molecular formula is C46H46N10O7S. The number of anilines is 1. The molecule has 3 fully saturated rings. The van der Waals surface area contributed by atoms with Gasteiger partial charge in [0.25, 0.3) is 11.8 Å². The molecule has 17 nitrogen and oxygen atoms in total. The number of benzene rings is 3. The van der Waals surface area contributed by atoms with E-state index in [9.17, 15) is 28.8 Å². The molecule has 0 aliphatic carbocycles. The molecule has 9 rings (SSSR count). The van der Waals surface area contributed by atoms with E-state index in [-0.39, 0.29) is 48.2 Å². The second-order valence-electron chi connectivity index (χ2n) is 16.1. The van der Waals surface area contributed by atoms with Crippen LogP contribution in [-0.2, 0) is 19.2 Å². The number of piperidine rings is 2. The van der Waals surface area contributed by atoms with E-state index in [1.165, 1.54) is 18.1 Å². The number of nitrogens with one attached hydrogen (secondary N) is 1. The Balaban J connectivity index is 0.750. The summed E-state index contributed by atoms with van der Waals surface area (Å²) in [6.45, 7) is 4.08. The monoisotopic (exact) mass is 882 g/mol. The van der Waals surface area contributed by atoms with Gasteiger partial charge in [-0.3, -0.25) is 43.9 Å². The summed E-state index contributed by atoms with van der Waals surface area (Å²) >= 11 is 1.32. The zero-order valence-corrected chi connectivity index (χ0v) is 35.7. The summed E-state index contributed by atoms with van der Waals surface area (Å²) in [6, 6.07) is 21.0. The highest BCUT2D eigenvalue weighted by atomic mass is 32.2. The molecule has 0 saturated carbocycles. The van der Waals surface area contributed by atoms with Gasteiger partial charge in [-0.1, -0.05) is 30.3 Å². The first kappa shape index (κ1) is 42.4. The highest BCUT2D eigenvalue weighted by Crippen LogP contribution is 2.36. The molecule has 2 aromatic heterocycles. The molecule has 4 aliphatic heterocycles. The van der Waals surface area contributed by atoms with Gasteiger partial charge in [0.05, 0.1) is 22.6 Å². The lowest BCUT2D eigenvalue weighted by atomic mass is 10.0. The van der Waals surface area contributed by atoms with Crippen LogP contribution in [0, 0.1) is 0 Å². The van der Waals surface area contributed by atoms with E-state index in [2.05, 4.69) is 20.2 Å². The van der Waals surface area contributed by atoms with Crippen LogP contribution in [-0.4, -0.2) is 132 Å². The molecule has 6 heterocycles. The molecule has 3 saturated heterocycles. The van der Waals surface area contributed by atoms with Gasteiger partial charge in [-0.05, 0) is 67.8 Å². The highest BCUT2D eigenvalue weighted by molar-refractivity contribution is 7.99. The number of nitrogen functional groups attached to an aromatic ring is 1. The quantitative estimate of drug-likeness (QED) is 0.102. The smallest absolute Gasteiger partial charge is 0.263 e. The summed E-state index contributed by atoms with van der Waals surface area (Å²) < 4.78 is 7.87. The van der Waals surface area contributed by atoms with Crippen LogP contribution in [0.25, 0.3) is 22.3 Å². The van der Waals surface area contributed by atoms with Crippen LogP contribution < -0.4 is 15.8 Å². The molecule has 4 aliphatic rings. The Labute approximate surface area is 372 Å². The van der Waals surface area contributed by atoms with Gasteiger partial charge >= 0.3 is 0 Å². The van der Waals surface area contributed by atoms with Gasteiger partial charge in [0.1, 0.15) is 35.4 Å². The normalized spacial score (nSPS) is 19.4. The van der Waals surface area contributed by atoms with Gasteiger partial charge in [0.2, 0.25) is 23.6 Å². The summed E-state index contributed by atoms with van der Waals surface area (Å²) in [6.07, 6.45) is 6.94. The number of likely N-dealkylation sites (tertiary alicyclic amines) is 1. The van der Waals surface area contributed by atoms with Crippen LogP contribution in [0.3, 0.4) is 0 Å². The number of fused-ring (bicyclic) bond motifs is 2. The average Bonchev–Trinajstić information content (AvgIpc) is 3.83. The first-order valence-electron chi connectivity index (χ1n) is 21.4. The van der Waals surface area contributed by atoms with E-state index in [4.69, 9.17) is 15.6 Å². The second-order valence-corrected chi connectivity index (χ2v) is 17.2. The number of nitrogens with zero attached hydrogens (tertiary/aromatic N) is 8. The van der Waals surface area contributed by atoms with Crippen molar-refractivity contribution in [3.05, 3.63) is 102 Å². The number of imide groups is 2. The van der Waals surface area contributed by atoms with Crippen LogP contribution >= 0.6 is 11.8 Å². The zero-order valence-electron chi connectivity index (χ0n) is 34.9. The summed E-state index contributed by atoms with van der Waals surface area (Å²) in [5, 5.41) is 7.90. The predicted molar refractivity (Wildman–Crippen MR) is 237 cm³/mol. The number of para-hydroxylation sites is 1. The molecule has 2 atom stereocenters. The Hall–Kier alpha value is -6.92. The number of amides is 6. The van der Waals surface area contributed by atoms with E-state index in [0.717, 1.165) is 29.1 Å². The lowest BCUT2D eigenvalue weighted by Crippen LogP contribution is -2.54.